The van der Waals surface area contributed by atoms with Gasteiger partial charge in [0.25, 0.3) is 5.91 Å². The minimum absolute atomic E-state index is 0.0811. The van der Waals surface area contributed by atoms with Crippen LogP contribution in [0.1, 0.15) is 26.3 Å². The van der Waals surface area contributed by atoms with Crippen LogP contribution in [-0.4, -0.2) is 24.0 Å². The van der Waals surface area contributed by atoms with Crippen LogP contribution in [-0.2, 0) is 11.3 Å². The molecule has 0 unspecified atom stereocenters. The summed E-state index contributed by atoms with van der Waals surface area (Å²) in [5, 5.41) is 5.73. The monoisotopic (exact) mass is 379 g/mol. The molecule has 0 aliphatic heterocycles. The molecule has 0 spiro atoms. The van der Waals surface area contributed by atoms with E-state index in [2.05, 4.69) is 15.6 Å². The first-order chi connectivity index (χ1) is 13.6. The fourth-order valence-corrected chi connectivity index (χ4v) is 2.55. The van der Waals surface area contributed by atoms with E-state index in [1.54, 1.807) is 54.6 Å². The van der Waals surface area contributed by atoms with Gasteiger partial charge in [-0.25, -0.2) is 14.2 Å². The van der Waals surface area contributed by atoms with E-state index in [0.29, 0.717) is 28.2 Å². The number of aromatic nitrogens is 1. The van der Waals surface area contributed by atoms with Gasteiger partial charge in [0, 0.05) is 29.6 Å². The zero-order valence-electron chi connectivity index (χ0n) is 15.1. The van der Waals surface area contributed by atoms with Crippen LogP contribution in [0.25, 0.3) is 0 Å². The topological polar surface area (TPSA) is 80.3 Å². The summed E-state index contributed by atoms with van der Waals surface area (Å²) >= 11 is 0. The number of halogens is 1. The highest BCUT2D eigenvalue weighted by Gasteiger charge is 2.10. The molecule has 0 saturated heterocycles. The molecule has 28 heavy (non-hydrogen) atoms. The van der Waals surface area contributed by atoms with E-state index in [1.165, 1.54) is 19.4 Å². The van der Waals surface area contributed by atoms with Crippen molar-refractivity contribution in [2.75, 3.05) is 12.4 Å². The second-order valence-corrected chi connectivity index (χ2v) is 5.90. The van der Waals surface area contributed by atoms with Crippen molar-refractivity contribution in [3.8, 4) is 0 Å². The van der Waals surface area contributed by atoms with Gasteiger partial charge in [0.15, 0.2) is 0 Å². The second-order valence-electron chi connectivity index (χ2n) is 5.90. The SMILES string of the molecule is COC(=O)c1cccc(Nc2cc(C(=O)NCc3ccccc3F)ccn2)c1. The summed E-state index contributed by atoms with van der Waals surface area (Å²) < 4.78 is 18.4. The molecule has 3 aromatic rings. The Bertz CT molecular complexity index is 1010. The second kappa shape index (κ2) is 8.77. The number of amides is 1. The number of carbonyl (C=O) groups is 2. The Hall–Kier alpha value is -3.74. The first-order valence-electron chi connectivity index (χ1n) is 8.50. The molecule has 0 atom stereocenters. The maximum atomic E-state index is 13.7. The van der Waals surface area contributed by atoms with Gasteiger partial charge in [0.05, 0.1) is 12.7 Å². The molecule has 0 bridgehead atoms. The van der Waals surface area contributed by atoms with E-state index in [-0.39, 0.29) is 18.3 Å². The molecule has 0 radical (unpaired) electrons. The van der Waals surface area contributed by atoms with Crippen LogP contribution in [0.5, 0.6) is 0 Å². The molecule has 0 aliphatic carbocycles. The van der Waals surface area contributed by atoms with Crippen molar-refractivity contribution in [3.63, 3.8) is 0 Å². The third-order valence-corrected chi connectivity index (χ3v) is 3.98. The average molecular weight is 379 g/mol. The van der Waals surface area contributed by atoms with Gasteiger partial charge >= 0.3 is 5.97 Å². The first-order valence-corrected chi connectivity index (χ1v) is 8.50. The van der Waals surface area contributed by atoms with Crippen LogP contribution in [0.4, 0.5) is 15.9 Å². The highest BCUT2D eigenvalue weighted by atomic mass is 19.1. The fourth-order valence-electron chi connectivity index (χ4n) is 2.55. The van der Waals surface area contributed by atoms with E-state index in [9.17, 15) is 14.0 Å². The highest BCUT2D eigenvalue weighted by molar-refractivity contribution is 5.95. The van der Waals surface area contributed by atoms with Gasteiger partial charge in [-0.05, 0) is 36.4 Å². The number of benzene rings is 2. The van der Waals surface area contributed by atoms with Crippen molar-refractivity contribution in [2.45, 2.75) is 6.54 Å². The Morgan fingerprint density at radius 1 is 1.04 bits per heavy atom. The summed E-state index contributed by atoms with van der Waals surface area (Å²) in [5.41, 5.74) is 1.80. The quantitative estimate of drug-likeness (QED) is 0.639. The van der Waals surface area contributed by atoms with E-state index in [1.807, 2.05) is 0 Å². The van der Waals surface area contributed by atoms with Gasteiger partial charge in [-0.2, -0.15) is 0 Å². The normalized spacial score (nSPS) is 10.2. The van der Waals surface area contributed by atoms with E-state index >= 15 is 0 Å². The number of hydrogen-bond acceptors (Lipinski definition) is 5. The number of anilines is 2. The van der Waals surface area contributed by atoms with E-state index < -0.39 is 5.97 Å². The molecule has 0 fully saturated rings. The standard InChI is InChI=1S/C21H18FN3O3/c1-28-21(27)15-6-4-7-17(11-15)25-19-12-14(9-10-23-19)20(26)24-13-16-5-2-3-8-18(16)22/h2-12H,13H2,1H3,(H,23,25)(H,24,26). The lowest BCUT2D eigenvalue weighted by Crippen LogP contribution is -2.23. The highest BCUT2D eigenvalue weighted by Crippen LogP contribution is 2.17. The van der Waals surface area contributed by atoms with Crippen molar-refractivity contribution in [1.29, 1.82) is 0 Å². The molecule has 1 heterocycles. The predicted octanol–water partition coefficient (Wildman–Crippen LogP) is 3.68. The molecule has 0 aliphatic rings. The molecule has 1 amide bonds. The summed E-state index contributed by atoms with van der Waals surface area (Å²) in [7, 11) is 1.31. The molecule has 1 aromatic heterocycles. The minimum atomic E-state index is -0.446. The Labute approximate surface area is 161 Å². The van der Waals surface area contributed by atoms with Crippen LogP contribution in [0.3, 0.4) is 0 Å². The number of nitrogens with zero attached hydrogens (tertiary/aromatic N) is 1. The van der Waals surface area contributed by atoms with Gasteiger partial charge in [0.1, 0.15) is 11.6 Å². The van der Waals surface area contributed by atoms with Crippen LogP contribution < -0.4 is 10.6 Å². The lowest BCUT2D eigenvalue weighted by atomic mass is 10.2. The van der Waals surface area contributed by atoms with E-state index in [0.717, 1.165) is 0 Å². The number of esters is 1. The molecule has 2 aromatic carbocycles. The molecular weight excluding hydrogens is 361 g/mol. The number of hydrogen-bond donors (Lipinski definition) is 2. The summed E-state index contributed by atoms with van der Waals surface area (Å²) in [6, 6.07) is 16.1. The smallest absolute Gasteiger partial charge is 0.337 e. The lowest BCUT2D eigenvalue weighted by Gasteiger charge is -2.09. The number of pyridine rings is 1. The first kappa shape index (κ1) is 19.0. The predicted molar refractivity (Wildman–Crippen MR) is 103 cm³/mol. The number of rotatable bonds is 6. The summed E-state index contributed by atoms with van der Waals surface area (Å²) in [6.45, 7) is 0.0811. The molecule has 142 valence electrons. The Morgan fingerprint density at radius 2 is 1.86 bits per heavy atom. The number of carbonyl (C=O) groups excluding carboxylic acids is 2. The van der Waals surface area contributed by atoms with Crippen LogP contribution in [0.2, 0.25) is 0 Å². The molecular formula is C21H18FN3O3. The summed E-state index contributed by atoms with van der Waals surface area (Å²) in [5.74, 6) is -0.735. The Kier molecular flexibility index (Phi) is 5.96. The number of methoxy groups -OCH3 is 1. The van der Waals surface area contributed by atoms with Crippen LogP contribution in [0, 0.1) is 5.82 Å². The molecule has 0 saturated carbocycles. The zero-order chi connectivity index (χ0) is 19.9. The van der Waals surface area contributed by atoms with Crippen molar-refractivity contribution in [3.05, 3.63) is 89.4 Å². The van der Waals surface area contributed by atoms with Gasteiger partial charge in [0.2, 0.25) is 0 Å². The van der Waals surface area contributed by atoms with Crippen LogP contribution in [0.15, 0.2) is 66.9 Å². The average Bonchev–Trinajstić information content (AvgIpc) is 2.72. The van der Waals surface area contributed by atoms with Crippen molar-refractivity contribution in [1.82, 2.24) is 10.3 Å². The maximum absolute atomic E-state index is 13.7. The Morgan fingerprint density at radius 3 is 2.64 bits per heavy atom. The fraction of sp³-hybridized carbons (Fsp3) is 0.0952. The lowest BCUT2D eigenvalue weighted by molar-refractivity contribution is 0.0600. The largest absolute Gasteiger partial charge is 0.465 e. The number of ether oxygens (including phenoxy) is 1. The van der Waals surface area contributed by atoms with Gasteiger partial charge in [-0.15, -0.1) is 0 Å². The third-order valence-electron chi connectivity index (χ3n) is 3.98. The Balaban J connectivity index is 1.69. The summed E-state index contributed by atoms with van der Waals surface area (Å²) in [4.78, 5) is 28.2. The third kappa shape index (κ3) is 4.70. The minimum Gasteiger partial charge on any atom is -0.465 e. The van der Waals surface area contributed by atoms with Gasteiger partial charge in [-0.1, -0.05) is 24.3 Å². The molecule has 6 nitrogen and oxygen atoms in total. The molecule has 7 heteroatoms. The maximum Gasteiger partial charge on any atom is 0.337 e. The van der Waals surface area contributed by atoms with E-state index in [4.69, 9.17) is 4.74 Å². The zero-order valence-corrected chi connectivity index (χ0v) is 15.1. The number of nitrogens with one attached hydrogen (secondary N) is 2. The van der Waals surface area contributed by atoms with Gasteiger partial charge < -0.3 is 15.4 Å². The van der Waals surface area contributed by atoms with Crippen LogP contribution >= 0.6 is 0 Å². The van der Waals surface area contributed by atoms with Gasteiger partial charge in [-0.3, -0.25) is 4.79 Å². The molecule has 2 N–H and O–H groups in total. The summed E-state index contributed by atoms with van der Waals surface area (Å²) in [6.07, 6.45) is 1.49. The van der Waals surface area contributed by atoms with Crippen molar-refractivity contribution < 1.29 is 18.7 Å². The van der Waals surface area contributed by atoms with Crippen molar-refractivity contribution in [2.24, 2.45) is 0 Å². The molecule has 3 rings (SSSR count). The van der Waals surface area contributed by atoms with Crippen molar-refractivity contribution >= 4 is 23.4 Å².